The lowest BCUT2D eigenvalue weighted by atomic mass is 10.1. The third-order valence-electron chi connectivity index (χ3n) is 3.21. The van der Waals surface area contributed by atoms with Gasteiger partial charge in [-0.2, -0.15) is 0 Å². The summed E-state index contributed by atoms with van der Waals surface area (Å²) in [5.74, 6) is -0.816. The number of aromatic nitrogens is 1. The zero-order valence-corrected chi connectivity index (χ0v) is 14.1. The van der Waals surface area contributed by atoms with Crippen molar-refractivity contribution in [3.8, 4) is 0 Å². The Kier molecular flexibility index (Phi) is 7.50. The van der Waals surface area contributed by atoms with Crippen molar-refractivity contribution < 1.29 is 14.7 Å². The Balaban J connectivity index is 2.30. The van der Waals surface area contributed by atoms with E-state index in [1.807, 2.05) is 30.7 Å². The fraction of sp³-hybridized carbons (Fsp3) is 0.600. The standard InChI is InChI=1S/C15H23BrN2O3/c1-11(2)18-10-12(16)9-13(18)15(21)17-8-6-4-3-5-7-14(19)20/h9-11H,3-8H2,1-2H3,(H,17,21)(H,19,20). The molecule has 0 aliphatic rings. The molecule has 1 rings (SSSR count). The molecule has 1 aromatic rings. The predicted octanol–water partition coefficient (Wildman–Crippen LogP) is 3.60. The van der Waals surface area contributed by atoms with E-state index in [1.54, 1.807) is 0 Å². The molecule has 0 aliphatic heterocycles. The number of carboxylic acid groups (broad SMARTS) is 1. The third kappa shape index (κ3) is 6.33. The minimum absolute atomic E-state index is 0.0695. The van der Waals surface area contributed by atoms with Crippen molar-refractivity contribution in [2.24, 2.45) is 0 Å². The van der Waals surface area contributed by atoms with Crippen LogP contribution in [-0.4, -0.2) is 28.1 Å². The molecule has 0 radical (unpaired) electrons. The molecular weight excluding hydrogens is 336 g/mol. The van der Waals surface area contributed by atoms with Gasteiger partial charge in [-0.05, 0) is 48.7 Å². The molecule has 0 fully saturated rings. The zero-order chi connectivity index (χ0) is 15.8. The van der Waals surface area contributed by atoms with Crippen LogP contribution in [0.25, 0.3) is 0 Å². The molecule has 0 aromatic carbocycles. The van der Waals surface area contributed by atoms with Gasteiger partial charge in [-0.1, -0.05) is 12.8 Å². The van der Waals surface area contributed by atoms with Gasteiger partial charge in [-0.25, -0.2) is 0 Å². The summed E-state index contributed by atoms with van der Waals surface area (Å²) in [4.78, 5) is 22.5. The Morgan fingerprint density at radius 2 is 1.95 bits per heavy atom. The van der Waals surface area contributed by atoms with Gasteiger partial charge in [0.05, 0.1) is 0 Å². The number of halogens is 1. The summed E-state index contributed by atoms with van der Waals surface area (Å²) < 4.78 is 2.83. The number of hydrogen-bond donors (Lipinski definition) is 2. The monoisotopic (exact) mass is 358 g/mol. The van der Waals surface area contributed by atoms with Crippen LogP contribution in [-0.2, 0) is 4.79 Å². The van der Waals surface area contributed by atoms with Gasteiger partial charge in [0, 0.05) is 29.7 Å². The van der Waals surface area contributed by atoms with Crippen molar-refractivity contribution in [2.45, 2.75) is 52.0 Å². The van der Waals surface area contributed by atoms with Crippen molar-refractivity contribution in [2.75, 3.05) is 6.54 Å². The maximum atomic E-state index is 12.1. The number of nitrogens with zero attached hydrogens (tertiary/aromatic N) is 1. The lowest BCUT2D eigenvalue weighted by Gasteiger charge is -2.12. The summed E-state index contributed by atoms with van der Waals surface area (Å²) >= 11 is 3.39. The van der Waals surface area contributed by atoms with Crippen LogP contribution in [0.5, 0.6) is 0 Å². The lowest BCUT2D eigenvalue weighted by molar-refractivity contribution is -0.137. The quantitative estimate of drug-likeness (QED) is 0.662. The molecule has 0 saturated heterocycles. The van der Waals surface area contributed by atoms with Crippen LogP contribution in [0, 0.1) is 0 Å². The number of hydrogen-bond acceptors (Lipinski definition) is 2. The highest BCUT2D eigenvalue weighted by atomic mass is 79.9. The fourth-order valence-electron chi connectivity index (χ4n) is 2.10. The molecule has 1 aromatic heterocycles. The average Bonchev–Trinajstić information content (AvgIpc) is 2.79. The van der Waals surface area contributed by atoms with Crippen LogP contribution in [0.4, 0.5) is 0 Å². The van der Waals surface area contributed by atoms with E-state index in [0.717, 1.165) is 23.7 Å². The summed E-state index contributed by atoms with van der Waals surface area (Å²) in [6.45, 7) is 4.68. The van der Waals surface area contributed by atoms with Gasteiger partial charge in [-0.3, -0.25) is 9.59 Å². The summed E-state index contributed by atoms with van der Waals surface area (Å²) in [7, 11) is 0. The second kappa shape index (κ2) is 8.87. The van der Waals surface area contributed by atoms with E-state index in [2.05, 4.69) is 21.2 Å². The molecule has 0 spiro atoms. The van der Waals surface area contributed by atoms with Crippen molar-refractivity contribution in [3.63, 3.8) is 0 Å². The zero-order valence-electron chi connectivity index (χ0n) is 12.6. The summed E-state index contributed by atoms with van der Waals surface area (Å²) in [5.41, 5.74) is 0.655. The average molecular weight is 359 g/mol. The first-order chi connectivity index (χ1) is 9.91. The van der Waals surface area contributed by atoms with Gasteiger partial charge in [0.25, 0.3) is 5.91 Å². The SMILES string of the molecule is CC(C)n1cc(Br)cc1C(=O)NCCCCCCC(=O)O. The molecule has 0 aliphatic carbocycles. The van der Waals surface area contributed by atoms with Gasteiger partial charge in [-0.15, -0.1) is 0 Å². The number of carboxylic acids is 1. The number of aliphatic carboxylic acids is 1. The molecule has 21 heavy (non-hydrogen) atoms. The Labute approximate surface area is 133 Å². The van der Waals surface area contributed by atoms with Crippen molar-refractivity contribution in [3.05, 3.63) is 22.4 Å². The van der Waals surface area contributed by atoms with Gasteiger partial charge in [0.15, 0.2) is 0 Å². The highest BCUT2D eigenvalue weighted by molar-refractivity contribution is 9.10. The van der Waals surface area contributed by atoms with Crippen LogP contribution in [0.2, 0.25) is 0 Å². The lowest BCUT2D eigenvalue weighted by Crippen LogP contribution is -2.27. The number of rotatable bonds is 9. The van der Waals surface area contributed by atoms with Crippen molar-refractivity contribution in [1.82, 2.24) is 9.88 Å². The van der Waals surface area contributed by atoms with Crippen molar-refractivity contribution >= 4 is 27.8 Å². The van der Waals surface area contributed by atoms with Gasteiger partial charge in [0.1, 0.15) is 5.69 Å². The smallest absolute Gasteiger partial charge is 0.303 e. The fourth-order valence-corrected chi connectivity index (χ4v) is 2.54. The number of unbranched alkanes of at least 4 members (excludes halogenated alkanes) is 3. The molecule has 1 heterocycles. The topological polar surface area (TPSA) is 71.3 Å². The first-order valence-corrected chi connectivity index (χ1v) is 8.08. The van der Waals surface area contributed by atoms with Crippen LogP contribution in [0.1, 0.15) is 62.5 Å². The molecule has 6 heteroatoms. The summed E-state index contributed by atoms with van der Waals surface area (Å²) in [5, 5.41) is 11.4. The van der Waals surface area contributed by atoms with Gasteiger partial charge < -0.3 is 15.0 Å². The molecule has 1 amide bonds. The number of nitrogens with one attached hydrogen (secondary N) is 1. The molecule has 0 atom stereocenters. The molecule has 2 N–H and O–H groups in total. The van der Waals surface area contributed by atoms with E-state index in [9.17, 15) is 9.59 Å². The Morgan fingerprint density at radius 1 is 1.29 bits per heavy atom. The van der Waals surface area contributed by atoms with Gasteiger partial charge in [0.2, 0.25) is 0 Å². The molecule has 0 bridgehead atoms. The first-order valence-electron chi connectivity index (χ1n) is 7.29. The summed E-state index contributed by atoms with van der Waals surface area (Å²) in [6.07, 6.45) is 5.52. The maximum Gasteiger partial charge on any atom is 0.303 e. The Bertz CT molecular complexity index is 483. The van der Waals surface area contributed by atoms with E-state index in [4.69, 9.17) is 5.11 Å². The van der Waals surface area contributed by atoms with E-state index in [0.29, 0.717) is 18.7 Å². The predicted molar refractivity (Wildman–Crippen MR) is 85.6 cm³/mol. The summed E-state index contributed by atoms with van der Waals surface area (Å²) in [6, 6.07) is 2.05. The molecular formula is C15H23BrN2O3. The third-order valence-corrected chi connectivity index (χ3v) is 3.64. The number of carbonyl (C=O) groups is 2. The largest absolute Gasteiger partial charge is 0.481 e. The second-order valence-corrected chi connectivity index (χ2v) is 6.27. The maximum absolute atomic E-state index is 12.1. The van der Waals surface area contributed by atoms with E-state index in [1.165, 1.54) is 0 Å². The molecule has 0 saturated carbocycles. The number of carbonyl (C=O) groups excluding carboxylic acids is 1. The van der Waals surface area contributed by atoms with Crippen LogP contribution in [0.15, 0.2) is 16.7 Å². The Hall–Kier alpha value is -1.30. The number of amides is 1. The minimum Gasteiger partial charge on any atom is -0.481 e. The van der Waals surface area contributed by atoms with Crippen LogP contribution < -0.4 is 5.32 Å². The molecule has 0 unspecified atom stereocenters. The van der Waals surface area contributed by atoms with Crippen molar-refractivity contribution in [1.29, 1.82) is 0 Å². The van der Waals surface area contributed by atoms with Gasteiger partial charge >= 0.3 is 5.97 Å². The highest BCUT2D eigenvalue weighted by Crippen LogP contribution is 2.19. The Morgan fingerprint density at radius 3 is 2.57 bits per heavy atom. The first kappa shape index (κ1) is 17.8. The minimum atomic E-state index is -0.747. The van der Waals surface area contributed by atoms with E-state index in [-0.39, 0.29) is 18.4 Å². The van der Waals surface area contributed by atoms with Crippen LogP contribution >= 0.6 is 15.9 Å². The van der Waals surface area contributed by atoms with E-state index >= 15 is 0 Å². The highest BCUT2D eigenvalue weighted by Gasteiger charge is 2.14. The second-order valence-electron chi connectivity index (χ2n) is 5.36. The van der Waals surface area contributed by atoms with E-state index < -0.39 is 5.97 Å². The normalized spacial score (nSPS) is 10.9. The van der Waals surface area contributed by atoms with Crippen LogP contribution in [0.3, 0.4) is 0 Å². The molecule has 5 nitrogen and oxygen atoms in total. The molecule has 118 valence electrons.